The third-order valence-electron chi connectivity index (χ3n) is 6.20. The number of aromatic hydroxyl groups is 1. The van der Waals surface area contributed by atoms with E-state index in [9.17, 15) is 5.11 Å². The quantitative estimate of drug-likeness (QED) is 0.391. The molecule has 6 nitrogen and oxygen atoms in total. The van der Waals surface area contributed by atoms with Gasteiger partial charge in [-0.3, -0.25) is 5.01 Å². The Bertz CT molecular complexity index is 1360. The van der Waals surface area contributed by atoms with Gasteiger partial charge in [-0.05, 0) is 41.3 Å². The summed E-state index contributed by atoms with van der Waals surface area (Å²) < 4.78 is 16.5. The van der Waals surface area contributed by atoms with Crippen molar-refractivity contribution in [2.24, 2.45) is 5.10 Å². The van der Waals surface area contributed by atoms with Gasteiger partial charge in [-0.25, -0.2) is 0 Å². The number of fused-ring (bicyclic) bond motifs is 1. The van der Waals surface area contributed by atoms with E-state index in [1.165, 1.54) is 0 Å². The van der Waals surface area contributed by atoms with Crippen molar-refractivity contribution in [1.82, 2.24) is 0 Å². The molecule has 1 unspecified atom stereocenters. The van der Waals surface area contributed by atoms with E-state index in [0.29, 0.717) is 17.9 Å². The smallest absolute Gasteiger partial charge is 0.132 e. The number of phenols is 1. The fraction of sp³-hybridized carbons (Fsp3) is 0.179. The Morgan fingerprint density at radius 3 is 2.26 bits per heavy atom. The lowest BCUT2D eigenvalue weighted by atomic mass is 9.95. The summed E-state index contributed by atoms with van der Waals surface area (Å²) in [6.45, 7) is 0. The lowest BCUT2D eigenvalue weighted by molar-refractivity contribution is 0.392. The second kappa shape index (κ2) is 8.98. The fourth-order valence-corrected chi connectivity index (χ4v) is 4.43. The molecule has 0 fully saturated rings. The fourth-order valence-electron chi connectivity index (χ4n) is 4.43. The number of hydrogen-bond acceptors (Lipinski definition) is 6. The van der Waals surface area contributed by atoms with E-state index in [-0.39, 0.29) is 11.8 Å². The summed E-state index contributed by atoms with van der Waals surface area (Å²) in [6, 6.07) is 25.3. The molecule has 1 N–H and O–H groups in total. The molecule has 0 saturated heterocycles. The van der Waals surface area contributed by atoms with Gasteiger partial charge in [0.25, 0.3) is 0 Å². The maximum atomic E-state index is 11.1. The van der Waals surface area contributed by atoms with Crippen LogP contribution in [-0.4, -0.2) is 32.1 Å². The van der Waals surface area contributed by atoms with Gasteiger partial charge in [-0.2, -0.15) is 5.10 Å². The van der Waals surface area contributed by atoms with Crippen molar-refractivity contribution in [3.05, 3.63) is 90.0 Å². The lowest BCUT2D eigenvalue weighted by Gasteiger charge is -2.25. The van der Waals surface area contributed by atoms with Crippen molar-refractivity contribution in [1.29, 1.82) is 0 Å². The number of hydrazone groups is 1. The minimum Gasteiger partial charge on any atom is -0.507 e. The summed E-state index contributed by atoms with van der Waals surface area (Å²) in [7, 11) is 4.93. The average molecular weight is 455 g/mol. The van der Waals surface area contributed by atoms with E-state index in [1.807, 2.05) is 83.9 Å². The first-order valence-electron chi connectivity index (χ1n) is 11.1. The van der Waals surface area contributed by atoms with Gasteiger partial charge in [-0.15, -0.1) is 0 Å². The van der Waals surface area contributed by atoms with Gasteiger partial charge in [-0.1, -0.05) is 36.4 Å². The molecule has 34 heavy (non-hydrogen) atoms. The van der Waals surface area contributed by atoms with Crippen LogP contribution in [-0.2, 0) is 0 Å². The number of methoxy groups -OCH3 is 3. The lowest BCUT2D eigenvalue weighted by Crippen LogP contribution is -2.18. The van der Waals surface area contributed by atoms with E-state index < -0.39 is 0 Å². The van der Waals surface area contributed by atoms with Crippen LogP contribution in [0.2, 0.25) is 0 Å². The van der Waals surface area contributed by atoms with Crippen molar-refractivity contribution in [2.75, 3.05) is 26.3 Å². The summed E-state index contributed by atoms with van der Waals surface area (Å²) in [4.78, 5) is 0. The van der Waals surface area contributed by atoms with E-state index in [4.69, 9.17) is 19.3 Å². The highest BCUT2D eigenvalue weighted by Crippen LogP contribution is 2.42. The molecule has 0 aliphatic carbocycles. The van der Waals surface area contributed by atoms with Crippen molar-refractivity contribution < 1.29 is 19.3 Å². The zero-order valence-electron chi connectivity index (χ0n) is 19.4. The standard InChI is InChI=1S/C28H26N2O4/c1-32-21-9-6-8-20(15-21)30-27(19-13-22(33-2)16-23(14-19)34-3)17-26(29-30)25-12-11-18-7-4-5-10-24(18)28(25)31/h4-16,27,31H,17H2,1-3H3. The van der Waals surface area contributed by atoms with Crippen LogP contribution in [0.5, 0.6) is 23.0 Å². The number of phenolic OH excluding ortho intramolecular Hbond substituents is 1. The van der Waals surface area contributed by atoms with Gasteiger partial charge < -0.3 is 19.3 Å². The molecule has 1 aliphatic heterocycles. The topological polar surface area (TPSA) is 63.5 Å². The molecule has 4 aromatic rings. The van der Waals surface area contributed by atoms with Gasteiger partial charge in [0.05, 0.1) is 38.8 Å². The Morgan fingerprint density at radius 2 is 1.53 bits per heavy atom. The number of ether oxygens (including phenoxy) is 3. The van der Waals surface area contributed by atoms with Crippen LogP contribution < -0.4 is 19.2 Å². The Labute approximate surface area is 198 Å². The number of rotatable bonds is 6. The summed E-state index contributed by atoms with van der Waals surface area (Å²) in [6.07, 6.45) is 0.597. The molecular weight excluding hydrogens is 428 g/mol. The largest absolute Gasteiger partial charge is 0.507 e. The molecule has 1 heterocycles. The monoisotopic (exact) mass is 454 g/mol. The summed E-state index contributed by atoms with van der Waals surface area (Å²) in [5.74, 6) is 2.41. The summed E-state index contributed by atoms with van der Waals surface area (Å²) in [5.41, 5.74) is 3.42. The van der Waals surface area contributed by atoms with Gasteiger partial charge in [0.15, 0.2) is 0 Å². The zero-order valence-corrected chi connectivity index (χ0v) is 19.4. The molecule has 6 heteroatoms. The molecule has 172 valence electrons. The number of nitrogens with zero attached hydrogens (tertiary/aromatic N) is 2. The Hall–Kier alpha value is -4.19. The highest BCUT2D eigenvalue weighted by molar-refractivity contribution is 6.09. The molecule has 0 radical (unpaired) electrons. The molecule has 1 aliphatic rings. The van der Waals surface area contributed by atoms with Crippen molar-refractivity contribution in [2.45, 2.75) is 12.5 Å². The molecule has 0 spiro atoms. The first-order chi connectivity index (χ1) is 16.6. The van der Waals surface area contributed by atoms with E-state index in [2.05, 4.69) is 0 Å². The van der Waals surface area contributed by atoms with E-state index in [1.54, 1.807) is 21.3 Å². The number of benzene rings is 4. The van der Waals surface area contributed by atoms with Gasteiger partial charge in [0.2, 0.25) is 0 Å². The minimum atomic E-state index is -0.128. The predicted molar refractivity (Wildman–Crippen MR) is 135 cm³/mol. The van der Waals surface area contributed by atoms with Crippen LogP contribution in [0.25, 0.3) is 10.8 Å². The predicted octanol–water partition coefficient (Wildman–Crippen LogP) is 5.93. The van der Waals surface area contributed by atoms with Gasteiger partial charge >= 0.3 is 0 Å². The van der Waals surface area contributed by atoms with Crippen molar-refractivity contribution in [3.63, 3.8) is 0 Å². The van der Waals surface area contributed by atoms with E-state index in [0.717, 1.165) is 39.0 Å². The maximum Gasteiger partial charge on any atom is 0.132 e. The summed E-state index contributed by atoms with van der Waals surface area (Å²) >= 11 is 0. The molecular formula is C28H26N2O4. The SMILES string of the molecule is COc1cc(OC)cc(C2CC(c3ccc4ccccc4c3O)=NN2c2cccc(OC)c2)c1. The molecule has 1 atom stereocenters. The Kier molecular flexibility index (Phi) is 5.72. The molecule has 0 saturated carbocycles. The number of hydrogen-bond donors (Lipinski definition) is 1. The first-order valence-corrected chi connectivity index (χ1v) is 11.1. The van der Waals surface area contributed by atoms with E-state index >= 15 is 0 Å². The number of anilines is 1. The molecule has 4 aromatic carbocycles. The Balaban J connectivity index is 1.63. The first kappa shape index (κ1) is 21.6. The van der Waals surface area contributed by atoms with Crippen LogP contribution in [0, 0.1) is 0 Å². The van der Waals surface area contributed by atoms with Crippen LogP contribution in [0.3, 0.4) is 0 Å². The second-order valence-electron chi connectivity index (χ2n) is 8.14. The van der Waals surface area contributed by atoms with Crippen LogP contribution >= 0.6 is 0 Å². The van der Waals surface area contributed by atoms with Crippen molar-refractivity contribution >= 4 is 22.2 Å². The average Bonchev–Trinajstić information content (AvgIpc) is 3.34. The zero-order chi connectivity index (χ0) is 23.7. The molecule has 0 bridgehead atoms. The molecule has 0 aromatic heterocycles. The van der Waals surface area contributed by atoms with Crippen LogP contribution in [0.15, 0.2) is 84.0 Å². The van der Waals surface area contributed by atoms with Gasteiger partial charge in [0, 0.05) is 29.5 Å². The Morgan fingerprint density at radius 1 is 0.794 bits per heavy atom. The highest BCUT2D eigenvalue weighted by atomic mass is 16.5. The third-order valence-corrected chi connectivity index (χ3v) is 6.20. The molecule has 5 rings (SSSR count). The van der Waals surface area contributed by atoms with Crippen molar-refractivity contribution in [3.8, 4) is 23.0 Å². The maximum absolute atomic E-state index is 11.1. The molecule has 0 amide bonds. The highest BCUT2D eigenvalue weighted by Gasteiger charge is 2.32. The van der Waals surface area contributed by atoms with Crippen LogP contribution in [0.1, 0.15) is 23.6 Å². The second-order valence-corrected chi connectivity index (χ2v) is 8.14. The van der Waals surface area contributed by atoms with Gasteiger partial charge in [0.1, 0.15) is 23.0 Å². The summed E-state index contributed by atoms with van der Waals surface area (Å²) in [5, 5.41) is 19.9. The third kappa shape index (κ3) is 3.88. The van der Waals surface area contributed by atoms with Crippen LogP contribution in [0.4, 0.5) is 5.69 Å². The minimum absolute atomic E-state index is 0.128. The normalized spacial score (nSPS) is 15.3.